The number of aromatic nitrogens is 4. The van der Waals surface area contributed by atoms with Crippen LogP contribution in [-0.4, -0.2) is 39.6 Å². The van der Waals surface area contributed by atoms with E-state index in [0.717, 1.165) is 5.56 Å². The molecule has 1 aliphatic heterocycles. The zero-order valence-corrected chi connectivity index (χ0v) is 13.8. The van der Waals surface area contributed by atoms with Crippen molar-refractivity contribution in [2.45, 2.75) is 6.10 Å². The highest BCUT2D eigenvalue weighted by molar-refractivity contribution is 5.54. The monoisotopic (exact) mass is 353 g/mol. The van der Waals surface area contributed by atoms with E-state index in [1.165, 1.54) is 24.5 Å². The number of morpholine rings is 1. The summed E-state index contributed by atoms with van der Waals surface area (Å²) in [6.07, 6.45) is 2.79. The fraction of sp³-hybridized carbons (Fsp3) is 0.222. The molecule has 0 bridgehead atoms. The molecule has 0 spiro atoms. The Balaban J connectivity index is 1.61. The van der Waals surface area contributed by atoms with Crippen LogP contribution in [-0.2, 0) is 4.74 Å². The highest BCUT2D eigenvalue weighted by Crippen LogP contribution is 2.25. The van der Waals surface area contributed by atoms with E-state index >= 15 is 0 Å². The molecule has 4 rings (SSSR count). The fourth-order valence-electron chi connectivity index (χ4n) is 2.89. The van der Waals surface area contributed by atoms with E-state index in [-0.39, 0.29) is 17.5 Å². The van der Waals surface area contributed by atoms with Gasteiger partial charge in [0, 0.05) is 18.8 Å². The van der Waals surface area contributed by atoms with Crippen LogP contribution in [0.3, 0.4) is 0 Å². The standard InChI is InChI=1S/C18H16FN5O2/c19-13-3-1-12(2-4-13)16-10-24(7-8-26-16)18-22-15(9-17(25)23-18)14-5-6-20-11-21-14/h1-6,9,11,16H,7-8,10H2,(H,22,23,25). The maximum Gasteiger partial charge on any atom is 0.252 e. The molecule has 1 atom stereocenters. The number of hydrogen-bond acceptors (Lipinski definition) is 6. The normalized spacial score (nSPS) is 17.3. The molecule has 8 heteroatoms. The van der Waals surface area contributed by atoms with Gasteiger partial charge in [0.25, 0.3) is 5.56 Å². The minimum Gasteiger partial charge on any atom is -0.370 e. The number of benzene rings is 1. The molecule has 3 aromatic rings. The Kier molecular flexibility index (Phi) is 4.40. The molecule has 0 radical (unpaired) electrons. The zero-order chi connectivity index (χ0) is 17.9. The first-order valence-corrected chi connectivity index (χ1v) is 8.19. The van der Waals surface area contributed by atoms with Crippen molar-refractivity contribution >= 4 is 5.95 Å². The van der Waals surface area contributed by atoms with Crippen LogP contribution in [0.25, 0.3) is 11.4 Å². The SMILES string of the molecule is O=c1cc(-c2ccncn2)nc(N2CCOC(c3ccc(F)cc3)C2)[nH]1. The Morgan fingerprint density at radius 1 is 1.19 bits per heavy atom. The summed E-state index contributed by atoms with van der Waals surface area (Å²) in [5.74, 6) is 0.173. The number of rotatable bonds is 3. The highest BCUT2D eigenvalue weighted by atomic mass is 19.1. The molecule has 1 saturated heterocycles. The minimum atomic E-state index is -0.287. The molecule has 0 aliphatic carbocycles. The molecule has 1 N–H and O–H groups in total. The van der Waals surface area contributed by atoms with Gasteiger partial charge in [0.15, 0.2) is 0 Å². The summed E-state index contributed by atoms with van der Waals surface area (Å²) >= 11 is 0. The molecule has 1 aromatic carbocycles. The van der Waals surface area contributed by atoms with Crippen LogP contribution < -0.4 is 10.5 Å². The Morgan fingerprint density at radius 3 is 2.81 bits per heavy atom. The van der Waals surface area contributed by atoms with E-state index in [0.29, 0.717) is 37.0 Å². The molecule has 132 valence electrons. The molecule has 7 nitrogen and oxygen atoms in total. The van der Waals surface area contributed by atoms with Crippen molar-refractivity contribution in [2.75, 3.05) is 24.6 Å². The molecular formula is C18H16FN5O2. The van der Waals surface area contributed by atoms with Crippen molar-refractivity contribution < 1.29 is 9.13 Å². The molecule has 0 amide bonds. The quantitative estimate of drug-likeness (QED) is 0.775. The number of nitrogens with zero attached hydrogens (tertiary/aromatic N) is 4. The summed E-state index contributed by atoms with van der Waals surface area (Å²) in [6, 6.07) is 9.34. The first-order chi connectivity index (χ1) is 12.7. The summed E-state index contributed by atoms with van der Waals surface area (Å²) in [5, 5.41) is 0. The fourth-order valence-corrected chi connectivity index (χ4v) is 2.89. The average molecular weight is 353 g/mol. The smallest absolute Gasteiger partial charge is 0.252 e. The second-order valence-corrected chi connectivity index (χ2v) is 5.91. The Labute approximate surface area is 148 Å². The largest absolute Gasteiger partial charge is 0.370 e. The molecule has 3 heterocycles. The molecule has 2 aromatic heterocycles. The minimum absolute atomic E-state index is 0.225. The number of aromatic amines is 1. The van der Waals surface area contributed by atoms with Gasteiger partial charge in [0.1, 0.15) is 18.2 Å². The van der Waals surface area contributed by atoms with Crippen molar-refractivity contribution in [2.24, 2.45) is 0 Å². The van der Waals surface area contributed by atoms with Crippen molar-refractivity contribution in [1.29, 1.82) is 0 Å². The van der Waals surface area contributed by atoms with Gasteiger partial charge in [-0.05, 0) is 23.8 Å². The van der Waals surface area contributed by atoms with Crippen LogP contribution in [0.5, 0.6) is 0 Å². The van der Waals surface area contributed by atoms with Crippen LogP contribution >= 0.6 is 0 Å². The van der Waals surface area contributed by atoms with Gasteiger partial charge >= 0.3 is 0 Å². The van der Waals surface area contributed by atoms with Gasteiger partial charge in [-0.1, -0.05) is 12.1 Å². The lowest BCUT2D eigenvalue weighted by Crippen LogP contribution is -2.40. The Bertz CT molecular complexity index is 946. The number of ether oxygens (including phenoxy) is 1. The van der Waals surface area contributed by atoms with Gasteiger partial charge < -0.3 is 9.64 Å². The summed E-state index contributed by atoms with van der Waals surface area (Å²) < 4.78 is 18.9. The van der Waals surface area contributed by atoms with Crippen molar-refractivity contribution in [3.63, 3.8) is 0 Å². The van der Waals surface area contributed by atoms with Crippen LogP contribution in [0.1, 0.15) is 11.7 Å². The van der Waals surface area contributed by atoms with E-state index in [2.05, 4.69) is 19.9 Å². The first-order valence-electron chi connectivity index (χ1n) is 8.19. The van der Waals surface area contributed by atoms with E-state index in [4.69, 9.17) is 4.74 Å². The zero-order valence-electron chi connectivity index (χ0n) is 13.8. The summed E-state index contributed by atoms with van der Waals surface area (Å²) in [7, 11) is 0. The van der Waals surface area contributed by atoms with Gasteiger partial charge in [-0.15, -0.1) is 0 Å². The van der Waals surface area contributed by atoms with Gasteiger partial charge in [0.2, 0.25) is 5.95 Å². The van der Waals surface area contributed by atoms with Gasteiger partial charge in [-0.25, -0.2) is 19.3 Å². The van der Waals surface area contributed by atoms with Gasteiger partial charge in [-0.2, -0.15) is 0 Å². The van der Waals surface area contributed by atoms with Crippen molar-refractivity contribution in [1.82, 2.24) is 19.9 Å². The van der Waals surface area contributed by atoms with Gasteiger partial charge in [-0.3, -0.25) is 9.78 Å². The van der Waals surface area contributed by atoms with Crippen LogP contribution in [0.2, 0.25) is 0 Å². The number of hydrogen-bond donors (Lipinski definition) is 1. The number of halogens is 1. The second-order valence-electron chi connectivity index (χ2n) is 5.91. The average Bonchev–Trinajstić information content (AvgIpc) is 2.69. The molecular weight excluding hydrogens is 337 g/mol. The summed E-state index contributed by atoms with van der Waals surface area (Å²) in [6.45, 7) is 1.57. The number of H-pyrrole nitrogens is 1. The third-order valence-electron chi connectivity index (χ3n) is 4.18. The Morgan fingerprint density at radius 2 is 2.04 bits per heavy atom. The molecule has 1 fully saturated rings. The van der Waals surface area contributed by atoms with Crippen LogP contribution in [0, 0.1) is 5.82 Å². The van der Waals surface area contributed by atoms with E-state index < -0.39 is 0 Å². The number of anilines is 1. The maximum atomic E-state index is 13.1. The molecule has 0 saturated carbocycles. The third kappa shape index (κ3) is 3.45. The number of nitrogens with one attached hydrogen (secondary N) is 1. The van der Waals surface area contributed by atoms with E-state index in [9.17, 15) is 9.18 Å². The lowest BCUT2D eigenvalue weighted by atomic mass is 10.1. The predicted octanol–water partition coefficient (Wildman–Crippen LogP) is 1.94. The Hall–Kier alpha value is -3.13. The summed E-state index contributed by atoms with van der Waals surface area (Å²) in [5.41, 5.74) is 1.69. The summed E-state index contributed by atoms with van der Waals surface area (Å²) in [4.78, 5) is 29.3. The van der Waals surface area contributed by atoms with E-state index in [1.807, 2.05) is 4.90 Å². The van der Waals surface area contributed by atoms with Crippen LogP contribution in [0.15, 0.2) is 53.7 Å². The van der Waals surface area contributed by atoms with Gasteiger partial charge in [0.05, 0.1) is 24.5 Å². The predicted molar refractivity (Wildman–Crippen MR) is 93.2 cm³/mol. The molecule has 1 unspecified atom stereocenters. The van der Waals surface area contributed by atoms with E-state index in [1.54, 1.807) is 24.4 Å². The molecule has 1 aliphatic rings. The lowest BCUT2D eigenvalue weighted by molar-refractivity contribution is 0.0392. The second kappa shape index (κ2) is 7.01. The highest BCUT2D eigenvalue weighted by Gasteiger charge is 2.24. The van der Waals surface area contributed by atoms with Crippen LogP contribution in [0.4, 0.5) is 10.3 Å². The maximum absolute atomic E-state index is 13.1. The van der Waals surface area contributed by atoms with Crippen molar-refractivity contribution in [3.05, 3.63) is 70.7 Å². The van der Waals surface area contributed by atoms with Crippen molar-refractivity contribution in [3.8, 4) is 11.4 Å². The third-order valence-corrected chi connectivity index (χ3v) is 4.18. The molecule has 26 heavy (non-hydrogen) atoms. The lowest BCUT2D eigenvalue weighted by Gasteiger charge is -2.33. The first kappa shape index (κ1) is 16.3. The topological polar surface area (TPSA) is 84.0 Å².